The molecular weight excluding hydrogens is 223 g/mol. The number of halogens is 1. The summed E-state index contributed by atoms with van der Waals surface area (Å²) in [6, 6.07) is 5.57. The normalized spacial score (nSPS) is 9.94. The van der Waals surface area contributed by atoms with Gasteiger partial charge in [0.2, 0.25) is 0 Å². The van der Waals surface area contributed by atoms with E-state index in [1.54, 1.807) is 0 Å². The summed E-state index contributed by atoms with van der Waals surface area (Å²) in [5, 5.41) is 2.49. The SMILES string of the molecule is Nc1c(F)cccc1C(=O)Nc1ccncn1. The van der Waals surface area contributed by atoms with Gasteiger partial charge in [-0.1, -0.05) is 6.07 Å². The molecule has 0 aliphatic heterocycles. The van der Waals surface area contributed by atoms with Crippen LogP contribution in [0.25, 0.3) is 0 Å². The van der Waals surface area contributed by atoms with Crippen molar-refractivity contribution < 1.29 is 9.18 Å². The second-order valence-electron chi connectivity index (χ2n) is 3.25. The summed E-state index contributed by atoms with van der Waals surface area (Å²) in [6.45, 7) is 0. The Balaban J connectivity index is 2.24. The molecular formula is C11H9FN4O. The number of rotatable bonds is 2. The van der Waals surface area contributed by atoms with Crippen molar-refractivity contribution >= 4 is 17.4 Å². The number of benzene rings is 1. The molecule has 5 nitrogen and oxygen atoms in total. The van der Waals surface area contributed by atoms with Crippen LogP contribution in [0.4, 0.5) is 15.9 Å². The Labute approximate surface area is 96.5 Å². The molecule has 1 aromatic heterocycles. The van der Waals surface area contributed by atoms with Gasteiger partial charge < -0.3 is 11.1 Å². The van der Waals surface area contributed by atoms with Crippen LogP contribution < -0.4 is 11.1 Å². The number of para-hydroxylation sites is 1. The first kappa shape index (κ1) is 11.0. The number of nitrogens with two attached hydrogens (primary N) is 1. The third kappa shape index (κ3) is 2.36. The van der Waals surface area contributed by atoms with Gasteiger partial charge in [0.05, 0.1) is 11.3 Å². The first-order chi connectivity index (χ1) is 8.18. The predicted molar refractivity (Wildman–Crippen MR) is 60.8 cm³/mol. The molecule has 0 saturated carbocycles. The fourth-order valence-corrected chi connectivity index (χ4v) is 1.28. The molecule has 0 radical (unpaired) electrons. The second-order valence-corrected chi connectivity index (χ2v) is 3.25. The molecule has 0 spiro atoms. The van der Waals surface area contributed by atoms with Crippen molar-refractivity contribution in [1.82, 2.24) is 9.97 Å². The summed E-state index contributed by atoms with van der Waals surface area (Å²) >= 11 is 0. The van der Waals surface area contributed by atoms with Crippen molar-refractivity contribution in [3.8, 4) is 0 Å². The Morgan fingerprint density at radius 3 is 2.88 bits per heavy atom. The van der Waals surface area contributed by atoms with Crippen molar-refractivity contribution in [1.29, 1.82) is 0 Å². The van der Waals surface area contributed by atoms with E-state index in [9.17, 15) is 9.18 Å². The van der Waals surface area contributed by atoms with Gasteiger partial charge in [-0.25, -0.2) is 14.4 Å². The maximum atomic E-state index is 13.1. The number of nitrogen functional groups attached to an aromatic ring is 1. The lowest BCUT2D eigenvalue weighted by Crippen LogP contribution is -2.15. The molecule has 2 aromatic rings. The van der Waals surface area contributed by atoms with E-state index in [1.165, 1.54) is 36.8 Å². The number of anilines is 2. The monoisotopic (exact) mass is 232 g/mol. The molecule has 0 bridgehead atoms. The number of nitrogens with one attached hydrogen (secondary N) is 1. The van der Waals surface area contributed by atoms with Crippen molar-refractivity contribution in [3.63, 3.8) is 0 Å². The molecule has 0 aliphatic carbocycles. The van der Waals surface area contributed by atoms with Crippen LogP contribution in [-0.2, 0) is 0 Å². The zero-order valence-electron chi connectivity index (χ0n) is 8.72. The first-order valence-electron chi connectivity index (χ1n) is 4.80. The number of hydrogen-bond acceptors (Lipinski definition) is 4. The zero-order valence-corrected chi connectivity index (χ0v) is 8.72. The highest BCUT2D eigenvalue weighted by Crippen LogP contribution is 2.16. The van der Waals surface area contributed by atoms with Crippen molar-refractivity contribution in [2.75, 3.05) is 11.1 Å². The van der Waals surface area contributed by atoms with E-state index in [4.69, 9.17) is 5.73 Å². The second kappa shape index (κ2) is 4.56. The van der Waals surface area contributed by atoms with Crippen LogP contribution in [0.1, 0.15) is 10.4 Å². The molecule has 1 amide bonds. The van der Waals surface area contributed by atoms with Crippen LogP contribution in [0.3, 0.4) is 0 Å². The first-order valence-corrected chi connectivity index (χ1v) is 4.80. The lowest BCUT2D eigenvalue weighted by molar-refractivity contribution is 0.102. The van der Waals surface area contributed by atoms with Gasteiger partial charge in [-0.05, 0) is 18.2 Å². The highest BCUT2D eigenvalue weighted by atomic mass is 19.1. The predicted octanol–water partition coefficient (Wildman–Crippen LogP) is 1.45. The van der Waals surface area contributed by atoms with Gasteiger partial charge in [0, 0.05) is 6.20 Å². The number of hydrogen-bond donors (Lipinski definition) is 2. The average molecular weight is 232 g/mol. The average Bonchev–Trinajstić information content (AvgIpc) is 2.34. The number of amides is 1. The Hall–Kier alpha value is -2.50. The van der Waals surface area contributed by atoms with E-state index in [0.29, 0.717) is 5.82 Å². The molecule has 2 rings (SSSR count). The summed E-state index contributed by atoms with van der Waals surface area (Å²) < 4.78 is 13.1. The number of nitrogens with zero attached hydrogens (tertiary/aromatic N) is 2. The van der Waals surface area contributed by atoms with E-state index in [2.05, 4.69) is 15.3 Å². The minimum absolute atomic E-state index is 0.0728. The number of carbonyl (C=O) groups excluding carboxylic acids is 1. The van der Waals surface area contributed by atoms with Gasteiger partial charge in [-0.3, -0.25) is 4.79 Å². The standard InChI is InChI=1S/C11H9FN4O/c12-8-3-1-2-7(10(8)13)11(17)16-9-4-5-14-6-15-9/h1-6H,13H2,(H,14,15,16,17). The van der Waals surface area contributed by atoms with E-state index in [-0.39, 0.29) is 11.3 Å². The Kier molecular flexibility index (Phi) is 2.95. The van der Waals surface area contributed by atoms with Crippen molar-refractivity contribution in [3.05, 3.63) is 48.2 Å². The Morgan fingerprint density at radius 2 is 2.18 bits per heavy atom. The highest BCUT2D eigenvalue weighted by molar-refractivity contribution is 6.07. The molecule has 0 saturated heterocycles. The smallest absolute Gasteiger partial charge is 0.259 e. The fraction of sp³-hybridized carbons (Fsp3) is 0. The molecule has 0 fully saturated rings. The Morgan fingerprint density at radius 1 is 1.35 bits per heavy atom. The minimum atomic E-state index is -0.625. The van der Waals surface area contributed by atoms with Gasteiger partial charge in [-0.15, -0.1) is 0 Å². The lowest BCUT2D eigenvalue weighted by atomic mass is 10.1. The van der Waals surface area contributed by atoms with Gasteiger partial charge in [0.25, 0.3) is 5.91 Å². The lowest BCUT2D eigenvalue weighted by Gasteiger charge is -2.06. The molecule has 0 unspecified atom stereocenters. The summed E-state index contributed by atoms with van der Waals surface area (Å²) in [5.74, 6) is -0.810. The molecule has 3 N–H and O–H groups in total. The van der Waals surface area contributed by atoms with Crippen LogP contribution in [-0.4, -0.2) is 15.9 Å². The molecule has 1 aromatic carbocycles. The van der Waals surface area contributed by atoms with Crippen molar-refractivity contribution in [2.45, 2.75) is 0 Å². The molecule has 6 heteroatoms. The summed E-state index contributed by atoms with van der Waals surface area (Å²) in [6.07, 6.45) is 2.78. The van der Waals surface area contributed by atoms with Gasteiger partial charge in [0.15, 0.2) is 0 Å². The molecule has 0 aliphatic rings. The van der Waals surface area contributed by atoms with Gasteiger partial charge in [-0.2, -0.15) is 0 Å². The summed E-state index contributed by atoms with van der Waals surface area (Å²) in [4.78, 5) is 19.3. The van der Waals surface area contributed by atoms with E-state index in [0.717, 1.165) is 0 Å². The minimum Gasteiger partial charge on any atom is -0.396 e. The summed E-state index contributed by atoms with van der Waals surface area (Å²) in [7, 11) is 0. The van der Waals surface area contributed by atoms with Crippen LogP contribution in [0.5, 0.6) is 0 Å². The van der Waals surface area contributed by atoms with Gasteiger partial charge in [0.1, 0.15) is 18.0 Å². The van der Waals surface area contributed by atoms with Crippen LogP contribution >= 0.6 is 0 Å². The third-order valence-corrected chi connectivity index (χ3v) is 2.12. The van der Waals surface area contributed by atoms with Gasteiger partial charge >= 0.3 is 0 Å². The number of carbonyl (C=O) groups is 1. The molecule has 0 atom stereocenters. The van der Waals surface area contributed by atoms with Crippen molar-refractivity contribution in [2.24, 2.45) is 0 Å². The Bertz CT molecular complexity index is 544. The van der Waals surface area contributed by atoms with Crippen LogP contribution in [0, 0.1) is 5.82 Å². The molecule has 1 heterocycles. The zero-order chi connectivity index (χ0) is 12.3. The number of aromatic nitrogens is 2. The summed E-state index contributed by atoms with van der Waals surface area (Å²) in [5.41, 5.74) is 5.36. The fourth-order valence-electron chi connectivity index (χ4n) is 1.28. The highest BCUT2D eigenvalue weighted by Gasteiger charge is 2.12. The topological polar surface area (TPSA) is 80.9 Å². The molecule has 86 valence electrons. The maximum Gasteiger partial charge on any atom is 0.259 e. The van der Waals surface area contributed by atoms with Crippen LogP contribution in [0.2, 0.25) is 0 Å². The molecule has 17 heavy (non-hydrogen) atoms. The van der Waals surface area contributed by atoms with E-state index < -0.39 is 11.7 Å². The van der Waals surface area contributed by atoms with Crippen LogP contribution in [0.15, 0.2) is 36.8 Å². The van der Waals surface area contributed by atoms with E-state index in [1.807, 2.05) is 0 Å². The largest absolute Gasteiger partial charge is 0.396 e. The third-order valence-electron chi connectivity index (χ3n) is 2.12. The quantitative estimate of drug-likeness (QED) is 0.768. The maximum absolute atomic E-state index is 13.1. The van der Waals surface area contributed by atoms with E-state index >= 15 is 0 Å².